The van der Waals surface area contributed by atoms with Crippen molar-refractivity contribution in [3.63, 3.8) is 0 Å². The first-order valence-corrected chi connectivity index (χ1v) is 5.07. The van der Waals surface area contributed by atoms with Crippen molar-refractivity contribution >= 4 is 0 Å². The fourth-order valence-corrected chi connectivity index (χ4v) is 2.17. The largest absolute Gasteiger partial charge is 0.394 e. The second kappa shape index (κ2) is 3.97. The van der Waals surface area contributed by atoms with E-state index in [1.807, 2.05) is 0 Å². The summed E-state index contributed by atoms with van der Waals surface area (Å²) in [7, 11) is 0. The minimum Gasteiger partial charge on any atom is -0.394 e. The lowest BCUT2D eigenvalue weighted by Gasteiger charge is -2.45. The highest BCUT2D eigenvalue weighted by molar-refractivity contribution is 4.98. The van der Waals surface area contributed by atoms with E-state index in [-0.39, 0.29) is 0 Å². The fourth-order valence-electron chi connectivity index (χ4n) is 2.17. The van der Waals surface area contributed by atoms with E-state index in [0.717, 1.165) is 6.42 Å². The third-order valence-electron chi connectivity index (χ3n) is 3.05. The number of rotatable bonds is 1. The van der Waals surface area contributed by atoms with Crippen molar-refractivity contribution < 1.29 is 29.9 Å². The third-order valence-corrected chi connectivity index (χ3v) is 3.05. The van der Waals surface area contributed by atoms with Crippen molar-refractivity contribution in [2.75, 3.05) is 13.2 Å². The van der Waals surface area contributed by atoms with Gasteiger partial charge in [-0.2, -0.15) is 0 Å². The van der Waals surface area contributed by atoms with Gasteiger partial charge in [0.25, 0.3) is 0 Å². The maximum atomic E-state index is 9.77. The van der Waals surface area contributed by atoms with E-state index in [0.29, 0.717) is 13.0 Å². The van der Waals surface area contributed by atoms with Gasteiger partial charge in [-0.3, -0.25) is 0 Å². The molecule has 2 heterocycles. The SMILES string of the molecule is OC[C@H]1O[C@]2(CCCO2)[C@H](O)[C@@H](O)[C@H]1O. The molecule has 1 spiro atoms. The van der Waals surface area contributed by atoms with Crippen LogP contribution in [-0.2, 0) is 9.47 Å². The zero-order valence-corrected chi connectivity index (χ0v) is 8.24. The van der Waals surface area contributed by atoms with Crippen molar-refractivity contribution in [2.45, 2.75) is 43.0 Å². The lowest BCUT2D eigenvalue weighted by atomic mass is 9.91. The molecule has 0 bridgehead atoms. The van der Waals surface area contributed by atoms with Gasteiger partial charge in [0.1, 0.15) is 24.4 Å². The zero-order valence-electron chi connectivity index (χ0n) is 8.24. The zero-order chi connectivity index (χ0) is 11.1. The molecule has 0 saturated carbocycles. The van der Waals surface area contributed by atoms with Crippen LogP contribution in [0, 0.1) is 0 Å². The van der Waals surface area contributed by atoms with Crippen LogP contribution in [0.2, 0.25) is 0 Å². The highest BCUT2D eigenvalue weighted by Crippen LogP contribution is 2.38. The molecular formula is C9H16O6. The normalized spacial score (nSPS) is 51.2. The van der Waals surface area contributed by atoms with Gasteiger partial charge >= 0.3 is 0 Å². The molecule has 2 aliphatic rings. The molecule has 15 heavy (non-hydrogen) atoms. The van der Waals surface area contributed by atoms with Crippen LogP contribution >= 0.6 is 0 Å². The average Bonchev–Trinajstić information content (AvgIpc) is 2.70. The topological polar surface area (TPSA) is 99.4 Å². The van der Waals surface area contributed by atoms with Gasteiger partial charge in [0.2, 0.25) is 0 Å². The molecule has 0 amide bonds. The lowest BCUT2D eigenvalue weighted by Crippen LogP contribution is -2.64. The summed E-state index contributed by atoms with van der Waals surface area (Å²) in [5.41, 5.74) is 0. The van der Waals surface area contributed by atoms with Gasteiger partial charge in [-0.1, -0.05) is 0 Å². The number of hydrogen-bond donors (Lipinski definition) is 4. The molecule has 0 aromatic heterocycles. The molecule has 0 aromatic carbocycles. The van der Waals surface area contributed by atoms with Gasteiger partial charge in [0.05, 0.1) is 13.2 Å². The smallest absolute Gasteiger partial charge is 0.197 e. The minimum absolute atomic E-state index is 0.421. The fraction of sp³-hybridized carbons (Fsp3) is 1.00. The number of ether oxygens (including phenoxy) is 2. The van der Waals surface area contributed by atoms with Gasteiger partial charge in [-0.05, 0) is 6.42 Å². The van der Waals surface area contributed by atoms with Crippen molar-refractivity contribution in [3.05, 3.63) is 0 Å². The molecule has 5 atom stereocenters. The summed E-state index contributed by atoms with van der Waals surface area (Å²) in [6.45, 7) is 0.0219. The number of aliphatic hydroxyl groups is 4. The van der Waals surface area contributed by atoms with Crippen LogP contribution in [0.1, 0.15) is 12.8 Å². The molecule has 2 rings (SSSR count). The third kappa shape index (κ3) is 1.67. The van der Waals surface area contributed by atoms with E-state index in [4.69, 9.17) is 14.6 Å². The molecule has 88 valence electrons. The summed E-state index contributed by atoms with van der Waals surface area (Å²) in [6, 6.07) is 0. The Morgan fingerprint density at radius 2 is 1.93 bits per heavy atom. The van der Waals surface area contributed by atoms with E-state index in [9.17, 15) is 15.3 Å². The van der Waals surface area contributed by atoms with E-state index < -0.39 is 36.8 Å². The molecule has 6 nitrogen and oxygen atoms in total. The first-order chi connectivity index (χ1) is 7.10. The van der Waals surface area contributed by atoms with Crippen molar-refractivity contribution in [1.29, 1.82) is 0 Å². The summed E-state index contributed by atoms with van der Waals surface area (Å²) in [4.78, 5) is 0. The van der Waals surface area contributed by atoms with Crippen LogP contribution in [0.5, 0.6) is 0 Å². The van der Waals surface area contributed by atoms with E-state index >= 15 is 0 Å². The maximum absolute atomic E-state index is 9.77. The van der Waals surface area contributed by atoms with E-state index in [1.165, 1.54) is 0 Å². The van der Waals surface area contributed by atoms with E-state index in [2.05, 4.69) is 0 Å². The van der Waals surface area contributed by atoms with Crippen LogP contribution in [0.25, 0.3) is 0 Å². The maximum Gasteiger partial charge on any atom is 0.197 e. The number of aliphatic hydroxyl groups excluding tert-OH is 4. The Hall–Kier alpha value is -0.240. The van der Waals surface area contributed by atoms with Gasteiger partial charge in [-0.25, -0.2) is 0 Å². The number of hydrogen-bond acceptors (Lipinski definition) is 6. The Morgan fingerprint density at radius 1 is 1.20 bits per heavy atom. The van der Waals surface area contributed by atoms with Gasteiger partial charge in [0, 0.05) is 6.42 Å². The first-order valence-electron chi connectivity index (χ1n) is 5.07. The van der Waals surface area contributed by atoms with Crippen LogP contribution in [0.3, 0.4) is 0 Å². The summed E-state index contributed by atoms with van der Waals surface area (Å²) < 4.78 is 10.6. The van der Waals surface area contributed by atoms with Crippen LogP contribution < -0.4 is 0 Å². The molecule has 2 fully saturated rings. The molecular weight excluding hydrogens is 204 g/mol. The van der Waals surface area contributed by atoms with Gasteiger partial charge in [0.15, 0.2) is 5.79 Å². The highest BCUT2D eigenvalue weighted by atomic mass is 16.7. The molecule has 4 N–H and O–H groups in total. The van der Waals surface area contributed by atoms with Gasteiger partial charge in [-0.15, -0.1) is 0 Å². The Balaban J connectivity index is 2.19. The molecule has 0 aromatic rings. The minimum atomic E-state index is -1.35. The van der Waals surface area contributed by atoms with Gasteiger partial charge < -0.3 is 29.9 Å². The molecule has 0 aliphatic carbocycles. The second-order valence-corrected chi connectivity index (χ2v) is 4.03. The Labute approximate surface area is 87.1 Å². The average molecular weight is 220 g/mol. The quantitative estimate of drug-likeness (QED) is 0.406. The van der Waals surface area contributed by atoms with Crippen molar-refractivity contribution in [1.82, 2.24) is 0 Å². The van der Waals surface area contributed by atoms with E-state index in [1.54, 1.807) is 0 Å². The monoisotopic (exact) mass is 220 g/mol. The van der Waals surface area contributed by atoms with Crippen LogP contribution in [-0.4, -0.2) is 63.8 Å². The molecule has 2 saturated heterocycles. The van der Waals surface area contributed by atoms with Crippen LogP contribution in [0.15, 0.2) is 0 Å². The lowest BCUT2D eigenvalue weighted by molar-refractivity contribution is -0.349. The predicted octanol–water partition coefficient (Wildman–Crippen LogP) is -2.03. The standard InChI is InChI=1S/C9H16O6/c10-4-5-6(11)7(12)8(13)9(15-5)2-1-3-14-9/h5-8,10-13H,1-4H2/t5-,6+,7+,8-,9-/m1/s1. The molecule has 2 aliphatic heterocycles. The summed E-state index contributed by atoms with van der Waals surface area (Å²) in [5.74, 6) is -1.26. The Morgan fingerprint density at radius 3 is 2.47 bits per heavy atom. The molecule has 0 unspecified atom stereocenters. The molecule has 0 radical (unpaired) electrons. The molecule has 6 heteroatoms. The first kappa shape index (κ1) is 11.3. The predicted molar refractivity (Wildman–Crippen MR) is 47.9 cm³/mol. The summed E-state index contributed by atoms with van der Waals surface area (Å²) >= 11 is 0. The van der Waals surface area contributed by atoms with Crippen LogP contribution in [0.4, 0.5) is 0 Å². The second-order valence-electron chi connectivity index (χ2n) is 4.03. The highest BCUT2D eigenvalue weighted by Gasteiger charge is 2.55. The Bertz CT molecular complexity index is 225. The van der Waals surface area contributed by atoms with Crippen molar-refractivity contribution in [2.24, 2.45) is 0 Å². The summed E-state index contributed by atoms with van der Waals surface area (Å²) in [5, 5.41) is 37.8. The van der Waals surface area contributed by atoms with Crippen molar-refractivity contribution in [3.8, 4) is 0 Å². The summed E-state index contributed by atoms with van der Waals surface area (Å²) in [6.07, 6.45) is -3.67. The Kier molecular flexibility index (Phi) is 2.98.